The van der Waals surface area contributed by atoms with E-state index in [0.29, 0.717) is 16.3 Å². The number of hydrogen-bond donors (Lipinski definition) is 2. The topological polar surface area (TPSA) is 61.4 Å². The van der Waals surface area contributed by atoms with Crippen molar-refractivity contribution in [2.45, 2.75) is 38.1 Å². The largest absolute Gasteiger partial charge is 0.335 e. The van der Waals surface area contributed by atoms with Crippen molar-refractivity contribution in [3.63, 3.8) is 0 Å². The summed E-state index contributed by atoms with van der Waals surface area (Å²) in [4.78, 5) is 26.2. The summed E-state index contributed by atoms with van der Waals surface area (Å²) in [5, 5.41) is 6.47. The quantitative estimate of drug-likeness (QED) is 0.771. The molecular weight excluding hydrogens is 362 g/mol. The number of hydrogen-bond acceptors (Lipinski definition) is 2. The highest BCUT2D eigenvalue weighted by Gasteiger charge is 2.16. The first-order chi connectivity index (χ1) is 13.0. The second-order valence-corrected chi connectivity index (χ2v) is 7.29. The highest BCUT2D eigenvalue weighted by Crippen LogP contribution is 2.20. The molecule has 2 aromatic rings. The third-order valence-corrected chi connectivity index (χ3v) is 5.10. The molecule has 27 heavy (non-hydrogen) atoms. The summed E-state index contributed by atoms with van der Waals surface area (Å²) < 4.78 is 0. The lowest BCUT2D eigenvalue weighted by atomic mass is 9.96. The monoisotopic (exact) mass is 385 g/mol. The van der Waals surface area contributed by atoms with Crippen LogP contribution in [-0.4, -0.2) is 25.0 Å². The first-order valence-electron chi connectivity index (χ1n) is 9.24. The minimum Gasteiger partial charge on any atom is -0.335 e. The Balaban J connectivity index is 1.58. The Labute approximate surface area is 164 Å². The molecule has 2 N–H and O–H groups in total. The molecule has 1 aliphatic carbocycles. The summed E-state index contributed by atoms with van der Waals surface area (Å²) in [5.41, 5.74) is 2.00. The number of rotatable bonds is 4. The molecule has 1 saturated carbocycles. The van der Waals surface area contributed by atoms with Crippen LogP contribution in [0.25, 0.3) is 0 Å². The Morgan fingerprint density at radius 1 is 0.963 bits per heavy atom. The van der Waals surface area contributed by atoms with Crippen LogP contribution in [-0.2, 0) is 0 Å². The molecule has 0 atom stereocenters. The zero-order valence-electron chi connectivity index (χ0n) is 15.4. The first kappa shape index (κ1) is 19.2. The van der Waals surface area contributed by atoms with Gasteiger partial charge in [-0.05, 0) is 61.4 Å². The van der Waals surface area contributed by atoms with Crippen molar-refractivity contribution in [3.05, 3.63) is 59.1 Å². The van der Waals surface area contributed by atoms with Crippen LogP contribution in [0.3, 0.4) is 0 Å². The Morgan fingerprint density at radius 3 is 2.22 bits per heavy atom. The van der Waals surface area contributed by atoms with E-state index in [0.717, 1.165) is 18.5 Å². The molecule has 6 heteroatoms. The highest BCUT2D eigenvalue weighted by molar-refractivity contribution is 6.30. The molecule has 142 valence electrons. The standard InChI is InChI=1S/C21H24ClN3O2/c1-25(20(26)15-7-9-16(22)10-8-15)19-13-11-18(12-14-19)24-21(27)23-17-5-3-2-4-6-17/h7-14,17H,2-6H2,1H3,(H2,23,24,27). The summed E-state index contributed by atoms with van der Waals surface area (Å²) in [6.45, 7) is 0. The Morgan fingerprint density at radius 2 is 1.59 bits per heavy atom. The van der Waals surface area contributed by atoms with Crippen LogP contribution >= 0.6 is 11.6 Å². The lowest BCUT2D eigenvalue weighted by Crippen LogP contribution is -2.39. The smallest absolute Gasteiger partial charge is 0.319 e. The molecule has 5 nitrogen and oxygen atoms in total. The van der Waals surface area contributed by atoms with E-state index in [1.54, 1.807) is 48.3 Å². The normalized spacial score (nSPS) is 14.4. The first-order valence-corrected chi connectivity index (χ1v) is 9.62. The van der Waals surface area contributed by atoms with Gasteiger partial charge in [-0.3, -0.25) is 4.79 Å². The molecule has 2 aromatic carbocycles. The van der Waals surface area contributed by atoms with Crippen LogP contribution < -0.4 is 15.5 Å². The van der Waals surface area contributed by atoms with Crippen LogP contribution in [0.15, 0.2) is 48.5 Å². The van der Waals surface area contributed by atoms with E-state index in [1.165, 1.54) is 19.3 Å². The molecule has 0 bridgehead atoms. The van der Waals surface area contributed by atoms with Gasteiger partial charge in [0.05, 0.1) is 0 Å². The fourth-order valence-corrected chi connectivity index (χ4v) is 3.40. The number of amides is 3. The maximum absolute atomic E-state index is 12.5. The van der Waals surface area contributed by atoms with Crippen LogP contribution in [0.2, 0.25) is 5.02 Å². The number of nitrogens with one attached hydrogen (secondary N) is 2. The van der Waals surface area contributed by atoms with Crippen LogP contribution in [0.1, 0.15) is 42.5 Å². The average Bonchev–Trinajstić information content (AvgIpc) is 2.69. The second-order valence-electron chi connectivity index (χ2n) is 6.85. The Hall–Kier alpha value is -2.53. The van der Waals surface area contributed by atoms with Gasteiger partial charge in [0, 0.05) is 35.1 Å². The summed E-state index contributed by atoms with van der Waals surface area (Å²) in [5.74, 6) is -0.123. The van der Waals surface area contributed by atoms with Gasteiger partial charge in [-0.2, -0.15) is 0 Å². The van der Waals surface area contributed by atoms with Gasteiger partial charge in [-0.1, -0.05) is 30.9 Å². The van der Waals surface area contributed by atoms with Crippen molar-refractivity contribution in [2.24, 2.45) is 0 Å². The van der Waals surface area contributed by atoms with Crippen LogP contribution in [0, 0.1) is 0 Å². The van der Waals surface area contributed by atoms with E-state index in [1.807, 2.05) is 12.1 Å². The zero-order chi connectivity index (χ0) is 19.2. The predicted octanol–water partition coefficient (Wildman–Crippen LogP) is 5.07. The molecule has 3 amide bonds. The SMILES string of the molecule is CN(C(=O)c1ccc(Cl)cc1)c1ccc(NC(=O)NC2CCCCC2)cc1. The van der Waals surface area contributed by atoms with Gasteiger partial charge in [-0.25, -0.2) is 4.79 Å². The van der Waals surface area contributed by atoms with Gasteiger partial charge in [0.15, 0.2) is 0 Å². The van der Waals surface area contributed by atoms with Crippen molar-refractivity contribution in [2.75, 3.05) is 17.3 Å². The maximum atomic E-state index is 12.5. The van der Waals surface area contributed by atoms with Crippen LogP contribution in [0.4, 0.5) is 16.2 Å². The number of benzene rings is 2. The van der Waals surface area contributed by atoms with E-state index in [4.69, 9.17) is 11.6 Å². The van der Waals surface area contributed by atoms with Crippen molar-refractivity contribution in [3.8, 4) is 0 Å². The van der Waals surface area contributed by atoms with Gasteiger partial charge in [-0.15, -0.1) is 0 Å². The number of nitrogens with zero attached hydrogens (tertiary/aromatic N) is 1. The molecule has 1 aliphatic rings. The minimum absolute atomic E-state index is 0.123. The van der Waals surface area contributed by atoms with Gasteiger partial charge >= 0.3 is 6.03 Å². The molecule has 0 unspecified atom stereocenters. The number of carbonyl (C=O) groups excluding carboxylic acids is 2. The maximum Gasteiger partial charge on any atom is 0.319 e. The van der Waals surface area contributed by atoms with Crippen molar-refractivity contribution < 1.29 is 9.59 Å². The number of halogens is 1. The Kier molecular flexibility index (Phi) is 6.35. The fourth-order valence-electron chi connectivity index (χ4n) is 3.27. The molecule has 0 radical (unpaired) electrons. The third-order valence-electron chi connectivity index (χ3n) is 4.85. The van der Waals surface area contributed by atoms with Crippen molar-refractivity contribution >= 4 is 34.9 Å². The van der Waals surface area contributed by atoms with Gasteiger partial charge in [0.2, 0.25) is 0 Å². The highest BCUT2D eigenvalue weighted by atomic mass is 35.5. The van der Waals surface area contributed by atoms with Gasteiger partial charge < -0.3 is 15.5 Å². The molecular formula is C21H24ClN3O2. The second kappa shape index (κ2) is 8.91. The van der Waals surface area contributed by atoms with E-state index in [2.05, 4.69) is 10.6 Å². The summed E-state index contributed by atoms with van der Waals surface area (Å²) in [6.07, 6.45) is 5.69. The number of carbonyl (C=O) groups is 2. The molecule has 0 heterocycles. The lowest BCUT2D eigenvalue weighted by molar-refractivity contribution is 0.0993. The van der Waals surface area contributed by atoms with Crippen molar-refractivity contribution in [1.82, 2.24) is 5.32 Å². The summed E-state index contributed by atoms with van der Waals surface area (Å²) >= 11 is 5.87. The molecule has 0 aromatic heterocycles. The van der Waals surface area contributed by atoms with Gasteiger partial charge in [0.25, 0.3) is 5.91 Å². The molecule has 0 saturated heterocycles. The molecule has 0 spiro atoms. The third kappa shape index (κ3) is 5.23. The molecule has 3 rings (SSSR count). The average molecular weight is 386 g/mol. The lowest BCUT2D eigenvalue weighted by Gasteiger charge is -2.23. The minimum atomic E-state index is -0.180. The van der Waals surface area contributed by atoms with Crippen molar-refractivity contribution in [1.29, 1.82) is 0 Å². The van der Waals surface area contributed by atoms with E-state index < -0.39 is 0 Å². The van der Waals surface area contributed by atoms with E-state index in [9.17, 15) is 9.59 Å². The number of anilines is 2. The molecule has 1 fully saturated rings. The molecule has 0 aliphatic heterocycles. The summed E-state index contributed by atoms with van der Waals surface area (Å²) in [7, 11) is 1.72. The predicted molar refractivity (Wildman–Crippen MR) is 110 cm³/mol. The van der Waals surface area contributed by atoms with E-state index >= 15 is 0 Å². The van der Waals surface area contributed by atoms with Crippen LogP contribution in [0.5, 0.6) is 0 Å². The summed E-state index contributed by atoms with van der Waals surface area (Å²) in [6, 6.07) is 14.1. The van der Waals surface area contributed by atoms with Gasteiger partial charge in [0.1, 0.15) is 0 Å². The number of urea groups is 1. The zero-order valence-corrected chi connectivity index (χ0v) is 16.1. The fraction of sp³-hybridized carbons (Fsp3) is 0.333. The Bertz CT molecular complexity index is 784. The van der Waals surface area contributed by atoms with E-state index in [-0.39, 0.29) is 18.0 Å².